The molecule has 6 rings (SSSR count). The minimum atomic E-state index is -0.333. The number of nitrogens with one attached hydrogen (secondary N) is 2. The van der Waals surface area contributed by atoms with E-state index in [-0.39, 0.29) is 17.9 Å². The second-order valence-corrected chi connectivity index (χ2v) is 8.49. The van der Waals surface area contributed by atoms with Crippen molar-refractivity contribution in [3.05, 3.63) is 41.4 Å². The minimum Gasteiger partial charge on any atom is -0.422 e. The van der Waals surface area contributed by atoms with Crippen LogP contribution in [0.3, 0.4) is 0 Å². The first-order chi connectivity index (χ1) is 15.0. The first-order valence-corrected chi connectivity index (χ1v) is 10.4. The number of hydrogen-bond acceptors (Lipinski definition) is 7. The normalized spacial score (nSPS) is 22.2. The zero-order valence-corrected chi connectivity index (χ0v) is 17.3. The van der Waals surface area contributed by atoms with E-state index in [0.717, 1.165) is 29.4 Å². The highest BCUT2D eigenvalue weighted by Crippen LogP contribution is 2.47. The molecule has 3 aromatic heterocycles. The smallest absolute Gasteiger partial charge is 0.326 e. The summed E-state index contributed by atoms with van der Waals surface area (Å²) in [5.41, 5.74) is 8.10. The zero-order valence-electron chi connectivity index (χ0n) is 16.6. The van der Waals surface area contributed by atoms with Crippen LogP contribution in [0.1, 0.15) is 0 Å². The van der Waals surface area contributed by atoms with E-state index in [4.69, 9.17) is 27.1 Å². The molecule has 1 aliphatic heterocycles. The van der Waals surface area contributed by atoms with E-state index in [0.29, 0.717) is 39.8 Å². The van der Waals surface area contributed by atoms with E-state index in [1.165, 1.54) is 18.3 Å². The van der Waals surface area contributed by atoms with Crippen LogP contribution in [0, 0.1) is 17.7 Å². The van der Waals surface area contributed by atoms with Gasteiger partial charge in [0.2, 0.25) is 0 Å². The van der Waals surface area contributed by atoms with Crippen molar-refractivity contribution < 1.29 is 9.13 Å². The van der Waals surface area contributed by atoms with Crippen LogP contribution in [0.2, 0.25) is 5.02 Å². The Morgan fingerprint density at radius 3 is 2.77 bits per heavy atom. The third-order valence-electron chi connectivity index (χ3n) is 6.20. The Kier molecular flexibility index (Phi) is 4.00. The molecule has 1 saturated heterocycles. The van der Waals surface area contributed by atoms with Crippen LogP contribution in [-0.4, -0.2) is 46.1 Å². The summed E-state index contributed by atoms with van der Waals surface area (Å²) in [6.45, 7) is 1.61. The van der Waals surface area contributed by atoms with Crippen LogP contribution >= 0.6 is 11.6 Å². The lowest BCUT2D eigenvalue weighted by Gasteiger charge is -2.21. The van der Waals surface area contributed by atoms with Gasteiger partial charge in [-0.2, -0.15) is 9.97 Å². The molecule has 10 heteroatoms. The SMILES string of the molecule is CNc1cc(F)cc2c1[nH]c1nc(Oc3cncc(Cl)c3)nc(N3CC4C(N)C4C3)c12. The Labute approximate surface area is 181 Å². The van der Waals surface area contributed by atoms with Crippen LogP contribution in [0.15, 0.2) is 30.6 Å². The summed E-state index contributed by atoms with van der Waals surface area (Å²) >= 11 is 6.03. The number of piperidine rings is 1. The second-order valence-electron chi connectivity index (χ2n) is 8.06. The van der Waals surface area contributed by atoms with Gasteiger partial charge in [0.05, 0.1) is 27.8 Å². The van der Waals surface area contributed by atoms with Crippen LogP contribution in [0.25, 0.3) is 21.9 Å². The molecule has 31 heavy (non-hydrogen) atoms. The van der Waals surface area contributed by atoms with E-state index in [1.807, 2.05) is 0 Å². The van der Waals surface area contributed by atoms with Crippen molar-refractivity contribution in [1.29, 1.82) is 0 Å². The fourth-order valence-corrected chi connectivity index (χ4v) is 4.76. The number of ether oxygens (including phenoxy) is 1. The maximum absolute atomic E-state index is 14.4. The lowest BCUT2D eigenvalue weighted by atomic mass is 10.1. The van der Waals surface area contributed by atoms with Gasteiger partial charge >= 0.3 is 6.01 Å². The van der Waals surface area contributed by atoms with Gasteiger partial charge in [-0.1, -0.05) is 11.6 Å². The average molecular weight is 440 g/mol. The number of rotatable bonds is 4. The van der Waals surface area contributed by atoms with Gasteiger partial charge in [-0.15, -0.1) is 0 Å². The number of halogens is 2. The van der Waals surface area contributed by atoms with Gasteiger partial charge in [0.1, 0.15) is 17.3 Å². The Balaban J connectivity index is 1.54. The molecule has 8 nitrogen and oxygen atoms in total. The molecule has 1 aromatic carbocycles. The van der Waals surface area contributed by atoms with Gasteiger partial charge < -0.3 is 25.7 Å². The molecule has 4 heterocycles. The van der Waals surface area contributed by atoms with Crippen LogP contribution in [-0.2, 0) is 0 Å². The van der Waals surface area contributed by atoms with Crippen LogP contribution < -0.4 is 20.7 Å². The lowest BCUT2D eigenvalue weighted by molar-refractivity contribution is 0.442. The maximum Gasteiger partial charge on any atom is 0.326 e. The Morgan fingerprint density at radius 1 is 1.23 bits per heavy atom. The van der Waals surface area contributed by atoms with E-state index in [2.05, 4.69) is 25.2 Å². The maximum atomic E-state index is 14.4. The third-order valence-corrected chi connectivity index (χ3v) is 6.41. The minimum absolute atomic E-state index is 0.162. The van der Waals surface area contributed by atoms with Crippen molar-refractivity contribution in [2.24, 2.45) is 17.6 Å². The van der Waals surface area contributed by atoms with E-state index >= 15 is 0 Å². The Bertz CT molecular complexity index is 1330. The first-order valence-electron chi connectivity index (χ1n) is 10.0. The van der Waals surface area contributed by atoms with Gasteiger partial charge in [0.25, 0.3) is 0 Å². The molecule has 2 atom stereocenters. The van der Waals surface area contributed by atoms with E-state index < -0.39 is 0 Å². The second kappa shape index (κ2) is 6.66. The van der Waals surface area contributed by atoms with Crippen LogP contribution in [0.5, 0.6) is 11.8 Å². The molecule has 0 spiro atoms. The summed E-state index contributed by atoms with van der Waals surface area (Å²) < 4.78 is 20.2. The molecule has 1 saturated carbocycles. The number of H-pyrrole nitrogens is 1. The fourth-order valence-electron chi connectivity index (χ4n) is 4.60. The van der Waals surface area contributed by atoms with Crippen molar-refractivity contribution in [2.75, 3.05) is 30.4 Å². The van der Waals surface area contributed by atoms with E-state index in [1.54, 1.807) is 19.3 Å². The molecule has 1 aliphatic carbocycles. The highest BCUT2D eigenvalue weighted by molar-refractivity contribution is 6.30. The largest absolute Gasteiger partial charge is 0.422 e. The number of benzene rings is 1. The van der Waals surface area contributed by atoms with Crippen molar-refractivity contribution in [3.63, 3.8) is 0 Å². The molecule has 4 aromatic rings. The molecule has 158 valence electrons. The fraction of sp³-hybridized carbons (Fsp3) is 0.286. The predicted molar refractivity (Wildman–Crippen MR) is 117 cm³/mol. The predicted octanol–water partition coefficient (Wildman–Crippen LogP) is 3.53. The average Bonchev–Trinajstić information content (AvgIpc) is 3.10. The van der Waals surface area contributed by atoms with Gasteiger partial charge in [-0.25, -0.2) is 4.39 Å². The number of aromatic amines is 1. The summed E-state index contributed by atoms with van der Waals surface area (Å²) in [6.07, 6.45) is 3.07. The highest BCUT2D eigenvalue weighted by atomic mass is 35.5. The molecule has 0 amide bonds. The monoisotopic (exact) mass is 439 g/mol. The summed E-state index contributed by atoms with van der Waals surface area (Å²) in [4.78, 5) is 18.8. The highest BCUT2D eigenvalue weighted by Gasteiger charge is 2.54. The number of nitrogens with zero attached hydrogens (tertiary/aromatic N) is 4. The molecule has 0 radical (unpaired) electrons. The Morgan fingerprint density at radius 2 is 2.03 bits per heavy atom. The number of aromatic nitrogens is 4. The molecular weight excluding hydrogens is 421 g/mol. The van der Waals surface area contributed by atoms with Gasteiger partial charge in [-0.05, 0) is 24.0 Å². The Hall–Kier alpha value is -3.17. The molecule has 2 fully saturated rings. The number of fused-ring (bicyclic) bond motifs is 4. The number of nitrogens with two attached hydrogens (primary N) is 1. The van der Waals surface area contributed by atoms with Crippen molar-refractivity contribution in [1.82, 2.24) is 19.9 Å². The summed E-state index contributed by atoms with van der Waals surface area (Å²) in [7, 11) is 1.75. The summed E-state index contributed by atoms with van der Waals surface area (Å²) in [5, 5.41) is 4.97. The molecule has 2 unspecified atom stereocenters. The van der Waals surface area contributed by atoms with Crippen LogP contribution in [0.4, 0.5) is 15.9 Å². The summed E-state index contributed by atoms with van der Waals surface area (Å²) in [5.74, 6) is 1.72. The van der Waals surface area contributed by atoms with Gasteiger partial charge in [0, 0.05) is 43.8 Å². The molecule has 4 N–H and O–H groups in total. The zero-order chi connectivity index (χ0) is 21.3. The number of anilines is 2. The van der Waals surface area contributed by atoms with E-state index in [9.17, 15) is 4.39 Å². The quantitative estimate of drug-likeness (QED) is 0.446. The van der Waals surface area contributed by atoms with Gasteiger partial charge in [0.15, 0.2) is 5.75 Å². The topological polar surface area (TPSA) is 105 Å². The standard InChI is InChI=1S/C21H19ClFN7O/c1-25-15-4-10(23)3-12-16-19(27-18(12)15)28-21(31-11-2-9(22)5-26-6-11)29-20(16)30-7-13-14(8-30)17(13)24/h2-6,13-14,17,25H,7-8,24H2,1H3,(H,27,28,29). The van der Waals surface area contributed by atoms with Crippen molar-refractivity contribution in [2.45, 2.75) is 6.04 Å². The van der Waals surface area contributed by atoms with Crippen molar-refractivity contribution in [3.8, 4) is 11.8 Å². The number of hydrogen-bond donors (Lipinski definition) is 3. The summed E-state index contributed by atoms with van der Waals surface area (Å²) in [6, 6.07) is 5.01. The van der Waals surface area contributed by atoms with Gasteiger partial charge in [-0.3, -0.25) is 4.98 Å². The molecule has 0 bridgehead atoms. The first kappa shape index (κ1) is 18.6. The number of pyridine rings is 1. The third kappa shape index (κ3) is 2.95. The lowest BCUT2D eigenvalue weighted by Crippen LogP contribution is -2.29. The molecule has 2 aliphatic rings. The molecular formula is C21H19ClFN7O. The van der Waals surface area contributed by atoms with Crippen molar-refractivity contribution >= 4 is 45.0 Å².